The largest absolute Gasteiger partial charge is 0.397 e. The maximum absolute atomic E-state index is 8.89. The van der Waals surface area contributed by atoms with Crippen LogP contribution in [-0.2, 0) is 0 Å². The number of aliphatic hydroxyl groups is 1. The maximum Gasteiger partial charge on any atom is 0.0606 e. The van der Waals surface area contributed by atoms with Crippen molar-refractivity contribution in [3.63, 3.8) is 0 Å². The topological polar surface area (TPSA) is 49.5 Å². The van der Waals surface area contributed by atoms with Crippen LogP contribution in [0.25, 0.3) is 0 Å². The molecule has 0 fully saturated rings. The third kappa shape index (κ3) is 2.75. The van der Waals surface area contributed by atoms with E-state index >= 15 is 0 Å². The molecule has 78 valence electrons. The molecule has 1 aromatic carbocycles. The Balaban J connectivity index is 2.92. The van der Waals surface area contributed by atoms with Crippen LogP contribution in [0.1, 0.15) is 6.92 Å². The van der Waals surface area contributed by atoms with Crippen molar-refractivity contribution in [3.8, 4) is 0 Å². The third-order valence-corrected chi connectivity index (χ3v) is 2.75. The molecule has 0 radical (unpaired) electrons. The van der Waals surface area contributed by atoms with E-state index in [1.54, 1.807) is 0 Å². The fraction of sp³-hybridized carbons (Fsp3) is 0.400. The Hall–Kier alpha value is -0.490. The summed E-state index contributed by atoms with van der Waals surface area (Å²) in [6, 6.07) is 5.96. The van der Waals surface area contributed by atoms with Gasteiger partial charge in [-0.1, -0.05) is 0 Å². The molecule has 0 saturated heterocycles. The first-order chi connectivity index (χ1) is 6.69. The first-order valence-corrected chi connectivity index (χ1v) is 5.67. The number of benzene rings is 1. The summed E-state index contributed by atoms with van der Waals surface area (Å²) in [5.74, 6) is 0. The summed E-state index contributed by atoms with van der Waals surface area (Å²) < 4.78 is 1.13. The Morgan fingerprint density at radius 2 is 2.21 bits per heavy atom. The van der Waals surface area contributed by atoms with E-state index in [4.69, 9.17) is 10.8 Å². The molecule has 14 heavy (non-hydrogen) atoms. The molecule has 0 amide bonds. The van der Waals surface area contributed by atoms with Gasteiger partial charge in [0.15, 0.2) is 0 Å². The number of halogens is 1. The molecule has 0 bridgehead atoms. The number of hydrogen-bond donors (Lipinski definition) is 2. The summed E-state index contributed by atoms with van der Waals surface area (Å²) in [4.78, 5) is 2.06. The second kappa shape index (κ2) is 5.41. The van der Waals surface area contributed by atoms with Gasteiger partial charge in [-0.15, -0.1) is 0 Å². The van der Waals surface area contributed by atoms with Crippen molar-refractivity contribution < 1.29 is 5.11 Å². The van der Waals surface area contributed by atoms with Gasteiger partial charge in [-0.05, 0) is 47.7 Å². The Morgan fingerprint density at radius 1 is 1.50 bits per heavy atom. The zero-order valence-electron chi connectivity index (χ0n) is 8.20. The minimum Gasteiger partial charge on any atom is -0.397 e. The predicted molar refractivity (Wildman–Crippen MR) is 68.5 cm³/mol. The summed E-state index contributed by atoms with van der Waals surface area (Å²) in [7, 11) is 0. The molecular formula is C10H15IN2O. The zero-order chi connectivity index (χ0) is 10.6. The Morgan fingerprint density at radius 3 is 2.71 bits per heavy atom. The lowest BCUT2D eigenvalue weighted by Crippen LogP contribution is -2.26. The number of hydrogen-bond acceptors (Lipinski definition) is 3. The fourth-order valence-electron chi connectivity index (χ4n) is 1.38. The molecule has 0 unspecified atom stereocenters. The molecule has 4 heteroatoms. The molecule has 3 nitrogen and oxygen atoms in total. The lowest BCUT2D eigenvalue weighted by Gasteiger charge is -2.23. The van der Waals surface area contributed by atoms with Crippen LogP contribution in [0.5, 0.6) is 0 Å². The van der Waals surface area contributed by atoms with E-state index in [0.29, 0.717) is 6.54 Å². The number of nitrogens with zero attached hydrogens (tertiary/aromatic N) is 1. The van der Waals surface area contributed by atoms with E-state index in [-0.39, 0.29) is 6.61 Å². The quantitative estimate of drug-likeness (QED) is 0.657. The number of rotatable bonds is 4. The van der Waals surface area contributed by atoms with Crippen LogP contribution in [0, 0.1) is 3.57 Å². The Kier molecular flexibility index (Phi) is 4.47. The van der Waals surface area contributed by atoms with Gasteiger partial charge in [0.1, 0.15) is 0 Å². The van der Waals surface area contributed by atoms with Crippen LogP contribution in [0.3, 0.4) is 0 Å². The number of likely N-dealkylation sites (N-methyl/N-ethyl adjacent to an activating group) is 1. The van der Waals surface area contributed by atoms with Gasteiger partial charge in [-0.25, -0.2) is 0 Å². The number of anilines is 2. The molecule has 0 aliphatic carbocycles. The first kappa shape index (κ1) is 11.6. The van der Waals surface area contributed by atoms with Gasteiger partial charge in [-0.3, -0.25) is 0 Å². The van der Waals surface area contributed by atoms with Crippen molar-refractivity contribution in [1.82, 2.24) is 0 Å². The summed E-state index contributed by atoms with van der Waals surface area (Å²) in [5, 5.41) is 8.89. The van der Waals surface area contributed by atoms with Gasteiger partial charge < -0.3 is 15.7 Å². The van der Waals surface area contributed by atoms with Crippen LogP contribution < -0.4 is 10.6 Å². The van der Waals surface area contributed by atoms with Crippen molar-refractivity contribution in [2.24, 2.45) is 0 Å². The number of nitrogen functional groups attached to an aromatic ring is 1. The van der Waals surface area contributed by atoms with E-state index in [9.17, 15) is 0 Å². The minimum absolute atomic E-state index is 0.152. The number of nitrogens with two attached hydrogens (primary N) is 1. The number of aliphatic hydroxyl groups excluding tert-OH is 1. The third-order valence-electron chi connectivity index (χ3n) is 2.08. The van der Waals surface area contributed by atoms with E-state index in [0.717, 1.165) is 21.5 Å². The minimum atomic E-state index is 0.152. The van der Waals surface area contributed by atoms with Crippen molar-refractivity contribution in [2.75, 3.05) is 30.3 Å². The molecule has 1 aromatic rings. The highest BCUT2D eigenvalue weighted by Crippen LogP contribution is 2.24. The summed E-state index contributed by atoms with van der Waals surface area (Å²) in [6.07, 6.45) is 0. The summed E-state index contributed by atoms with van der Waals surface area (Å²) in [5.41, 5.74) is 7.67. The molecule has 0 heterocycles. The SMILES string of the molecule is CCN(CCO)c1ccc(I)cc1N. The first-order valence-electron chi connectivity index (χ1n) is 4.60. The zero-order valence-corrected chi connectivity index (χ0v) is 10.4. The molecule has 0 atom stereocenters. The highest BCUT2D eigenvalue weighted by atomic mass is 127. The van der Waals surface area contributed by atoms with E-state index in [1.807, 2.05) is 25.1 Å². The molecule has 0 aromatic heterocycles. The van der Waals surface area contributed by atoms with Crippen LogP contribution in [0.15, 0.2) is 18.2 Å². The molecule has 3 N–H and O–H groups in total. The van der Waals surface area contributed by atoms with Crippen molar-refractivity contribution >= 4 is 34.0 Å². The lowest BCUT2D eigenvalue weighted by molar-refractivity contribution is 0.302. The lowest BCUT2D eigenvalue weighted by atomic mass is 10.2. The highest BCUT2D eigenvalue weighted by Gasteiger charge is 2.06. The van der Waals surface area contributed by atoms with Crippen molar-refractivity contribution in [3.05, 3.63) is 21.8 Å². The fourth-order valence-corrected chi connectivity index (χ4v) is 1.90. The molecule has 0 saturated carbocycles. The van der Waals surface area contributed by atoms with E-state index in [1.165, 1.54) is 0 Å². The van der Waals surface area contributed by atoms with E-state index in [2.05, 4.69) is 27.5 Å². The monoisotopic (exact) mass is 306 g/mol. The molecule has 0 spiro atoms. The Bertz CT molecular complexity index is 304. The van der Waals surface area contributed by atoms with Gasteiger partial charge in [0.25, 0.3) is 0 Å². The van der Waals surface area contributed by atoms with Gasteiger partial charge in [0, 0.05) is 16.7 Å². The van der Waals surface area contributed by atoms with Crippen LogP contribution in [0.2, 0.25) is 0 Å². The molecule has 1 rings (SSSR count). The molecule has 0 aliphatic rings. The standard InChI is InChI=1S/C10H15IN2O/c1-2-13(5-6-14)10-4-3-8(11)7-9(10)12/h3-4,7,14H,2,5-6,12H2,1H3. The molecular weight excluding hydrogens is 291 g/mol. The highest BCUT2D eigenvalue weighted by molar-refractivity contribution is 14.1. The second-order valence-corrected chi connectivity index (χ2v) is 4.25. The average Bonchev–Trinajstić information content (AvgIpc) is 2.15. The van der Waals surface area contributed by atoms with Gasteiger partial charge in [0.05, 0.1) is 18.0 Å². The summed E-state index contributed by atoms with van der Waals surface area (Å²) >= 11 is 2.23. The van der Waals surface area contributed by atoms with Crippen LogP contribution >= 0.6 is 22.6 Å². The summed E-state index contributed by atoms with van der Waals surface area (Å²) in [6.45, 7) is 3.68. The van der Waals surface area contributed by atoms with Crippen LogP contribution in [-0.4, -0.2) is 24.8 Å². The van der Waals surface area contributed by atoms with Crippen LogP contribution in [0.4, 0.5) is 11.4 Å². The van der Waals surface area contributed by atoms with Gasteiger partial charge in [0.2, 0.25) is 0 Å². The smallest absolute Gasteiger partial charge is 0.0606 e. The average molecular weight is 306 g/mol. The van der Waals surface area contributed by atoms with Gasteiger partial charge in [-0.2, -0.15) is 0 Å². The van der Waals surface area contributed by atoms with E-state index < -0.39 is 0 Å². The second-order valence-electron chi connectivity index (χ2n) is 3.01. The van der Waals surface area contributed by atoms with Gasteiger partial charge >= 0.3 is 0 Å². The Labute approximate surface area is 98.0 Å². The molecule has 0 aliphatic heterocycles. The normalized spacial score (nSPS) is 10.2. The van der Waals surface area contributed by atoms with Crippen molar-refractivity contribution in [2.45, 2.75) is 6.92 Å². The van der Waals surface area contributed by atoms with Crippen molar-refractivity contribution in [1.29, 1.82) is 0 Å². The predicted octanol–water partition coefficient (Wildman–Crippen LogP) is 1.69. The maximum atomic E-state index is 8.89.